The highest BCUT2D eigenvalue weighted by molar-refractivity contribution is 5.85. The van der Waals surface area contributed by atoms with Crippen molar-refractivity contribution in [2.45, 2.75) is 13.5 Å². The molecular formula is C19H16F2N6O. The molecule has 0 saturated heterocycles. The number of imidazole rings is 1. The summed E-state index contributed by atoms with van der Waals surface area (Å²) in [5, 5.41) is 0. The van der Waals surface area contributed by atoms with Crippen molar-refractivity contribution in [3.63, 3.8) is 0 Å². The van der Waals surface area contributed by atoms with E-state index in [0.29, 0.717) is 39.7 Å². The van der Waals surface area contributed by atoms with E-state index in [9.17, 15) is 8.78 Å². The third kappa shape index (κ3) is 3.11. The number of nitrogen functional groups attached to an aromatic ring is 1. The molecule has 1 aromatic carbocycles. The van der Waals surface area contributed by atoms with Gasteiger partial charge < -0.3 is 15.0 Å². The van der Waals surface area contributed by atoms with Crippen molar-refractivity contribution in [1.29, 1.82) is 0 Å². The third-order valence-electron chi connectivity index (χ3n) is 4.28. The normalized spacial score (nSPS) is 11.1. The Kier molecular flexibility index (Phi) is 4.34. The highest BCUT2D eigenvalue weighted by atomic mass is 19.1. The summed E-state index contributed by atoms with van der Waals surface area (Å²) < 4.78 is 35.0. The molecular weight excluding hydrogens is 366 g/mol. The number of nitrogens with zero attached hydrogens (tertiary/aromatic N) is 5. The van der Waals surface area contributed by atoms with Gasteiger partial charge in [0.15, 0.2) is 17.0 Å². The van der Waals surface area contributed by atoms with Crippen LogP contribution in [0.4, 0.5) is 14.6 Å². The van der Waals surface area contributed by atoms with E-state index in [2.05, 4.69) is 19.9 Å². The molecule has 28 heavy (non-hydrogen) atoms. The van der Waals surface area contributed by atoms with Gasteiger partial charge in [0.1, 0.15) is 29.0 Å². The number of hydrogen-bond acceptors (Lipinski definition) is 6. The molecule has 2 N–H and O–H groups in total. The number of anilines is 1. The minimum absolute atomic E-state index is 0.0846. The second kappa shape index (κ2) is 6.84. The van der Waals surface area contributed by atoms with Crippen LogP contribution in [0.25, 0.3) is 22.6 Å². The Morgan fingerprint density at radius 3 is 2.68 bits per heavy atom. The molecule has 0 amide bonds. The molecule has 0 bridgehead atoms. The van der Waals surface area contributed by atoms with Crippen LogP contribution < -0.4 is 10.5 Å². The summed E-state index contributed by atoms with van der Waals surface area (Å²) in [6.45, 7) is 1.78. The average Bonchev–Trinajstić information content (AvgIpc) is 3.02. The van der Waals surface area contributed by atoms with Crippen molar-refractivity contribution in [2.24, 2.45) is 0 Å². The quantitative estimate of drug-likeness (QED) is 0.583. The van der Waals surface area contributed by atoms with Crippen LogP contribution in [0.1, 0.15) is 11.4 Å². The summed E-state index contributed by atoms with van der Waals surface area (Å²) in [6.07, 6.45) is 2.57. The van der Waals surface area contributed by atoms with Crippen LogP contribution in [0.3, 0.4) is 0 Å². The standard InChI is InChI=1S/C19H16F2N6O/c1-10-24-17(22)16-19(25-10)27(9-12-6-14(28-2)3-4-15(12)21)18(26-16)11-5-13(20)8-23-7-11/h3-8H,9H2,1-2H3,(H2,22,24,25). The van der Waals surface area contributed by atoms with E-state index in [1.165, 1.54) is 31.5 Å². The maximum absolute atomic E-state index is 14.4. The van der Waals surface area contributed by atoms with E-state index < -0.39 is 11.6 Å². The number of halogens is 2. The van der Waals surface area contributed by atoms with Gasteiger partial charge in [-0.15, -0.1) is 0 Å². The number of benzene rings is 1. The van der Waals surface area contributed by atoms with Gasteiger partial charge in [-0.1, -0.05) is 0 Å². The Balaban J connectivity index is 1.96. The molecule has 3 heterocycles. The van der Waals surface area contributed by atoms with E-state index in [4.69, 9.17) is 10.5 Å². The lowest BCUT2D eigenvalue weighted by molar-refractivity contribution is 0.412. The summed E-state index contributed by atoms with van der Waals surface area (Å²) in [4.78, 5) is 16.9. The molecule has 0 saturated carbocycles. The molecule has 7 nitrogen and oxygen atoms in total. The second-order valence-corrected chi connectivity index (χ2v) is 6.20. The molecule has 0 aliphatic carbocycles. The first kappa shape index (κ1) is 17.8. The van der Waals surface area contributed by atoms with Gasteiger partial charge in [-0.05, 0) is 31.2 Å². The molecule has 4 rings (SSSR count). The van der Waals surface area contributed by atoms with E-state index in [1.54, 1.807) is 17.6 Å². The van der Waals surface area contributed by atoms with Crippen molar-refractivity contribution in [2.75, 3.05) is 12.8 Å². The molecule has 0 radical (unpaired) electrons. The number of fused-ring (bicyclic) bond motifs is 1. The van der Waals surface area contributed by atoms with Crippen molar-refractivity contribution in [3.8, 4) is 17.1 Å². The highest BCUT2D eigenvalue weighted by Crippen LogP contribution is 2.28. The molecule has 0 spiro atoms. The number of methoxy groups -OCH3 is 1. The number of pyridine rings is 1. The van der Waals surface area contributed by atoms with E-state index in [-0.39, 0.29) is 12.4 Å². The van der Waals surface area contributed by atoms with Gasteiger partial charge >= 0.3 is 0 Å². The number of aryl methyl sites for hydroxylation is 1. The largest absolute Gasteiger partial charge is 0.497 e. The molecule has 3 aromatic heterocycles. The highest BCUT2D eigenvalue weighted by Gasteiger charge is 2.19. The molecule has 0 aliphatic heterocycles. The van der Waals surface area contributed by atoms with Gasteiger partial charge in [-0.3, -0.25) is 4.98 Å². The first-order valence-electron chi connectivity index (χ1n) is 8.40. The maximum Gasteiger partial charge on any atom is 0.166 e. The Bertz CT molecular complexity index is 1190. The fourth-order valence-corrected chi connectivity index (χ4v) is 3.01. The zero-order chi connectivity index (χ0) is 19.8. The number of nitrogens with two attached hydrogens (primary N) is 1. The van der Waals surface area contributed by atoms with Crippen LogP contribution in [-0.4, -0.2) is 31.6 Å². The van der Waals surface area contributed by atoms with Crippen LogP contribution in [0.2, 0.25) is 0 Å². The maximum atomic E-state index is 14.4. The summed E-state index contributed by atoms with van der Waals surface area (Å²) in [5.74, 6) is 0.582. The number of aromatic nitrogens is 5. The summed E-state index contributed by atoms with van der Waals surface area (Å²) in [5.41, 5.74) is 7.56. The zero-order valence-corrected chi connectivity index (χ0v) is 15.1. The molecule has 0 unspecified atom stereocenters. The average molecular weight is 382 g/mol. The number of ether oxygens (including phenoxy) is 1. The van der Waals surface area contributed by atoms with E-state index in [0.717, 1.165) is 6.20 Å². The number of rotatable bonds is 4. The lowest BCUT2D eigenvalue weighted by Crippen LogP contribution is -2.07. The van der Waals surface area contributed by atoms with Crippen molar-refractivity contribution >= 4 is 17.0 Å². The Morgan fingerprint density at radius 1 is 1.11 bits per heavy atom. The Hall–Kier alpha value is -3.62. The predicted octanol–water partition coefficient (Wildman–Crippen LogP) is 3.11. The topological polar surface area (TPSA) is 91.7 Å². The van der Waals surface area contributed by atoms with Gasteiger partial charge in [-0.2, -0.15) is 0 Å². The van der Waals surface area contributed by atoms with E-state index >= 15 is 0 Å². The number of hydrogen-bond donors (Lipinski definition) is 1. The molecule has 142 valence electrons. The monoisotopic (exact) mass is 382 g/mol. The summed E-state index contributed by atoms with van der Waals surface area (Å²) in [7, 11) is 1.50. The van der Waals surface area contributed by atoms with Crippen molar-refractivity contribution in [1.82, 2.24) is 24.5 Å². The fourth-order valence-electron chi connectivity index (χ4n) is 3.01. The first-order valence-corrected chi connectivity index (χ1v) is 8.40. The smallest absolute Gasteiger partial charge is 0.166 e. The van der Waals surface area contributed by atoms with Gasteiger partial charge in [0.25, 0.3) is 0 Å². The SMILES string of the molecule is COc1ccc(F)c(Cn2c(-c3cncc(F)c3)nc3c(N)nc(C)nc32)c1. The van der Waals surface area contributed by atoms with Gasteiger partial charge in [-0.25, -0.2) is 23.7 Å². The lowest BCUT2D eigenvalue weighted by atomic mass is 10.2. The first-order chi connectivity index (χ1) is 13.5. The Labute approximate surface area is 158 Å². The van der Waals surface area contributed by atoms with Crippen LogP contribution in [-0.2, 0) is 6.54 Å². The summed E-state index contributed by atoms with van der Waals surface area (Å²) in [6, 6.07) is 5.74. The minimum atomic E-state index is -0.515. The fraction of sp³-hybridized carbons (Fsp3) is 0.158. The molecule has 0 atom stereocenters. The van der Waals surface area contributed by atoms with Crippen molar-refractivity contribution in [3.05, 3.63) is 59.7 Å². The molecule has 0 fully saturated rings. The van der Waals surface area contributed by atoms with Crippen molar-refractivity contribution < 1.29 is 13.5 Å². The second-order valence-electron chi connectivity index (χ2n) is 6.20. The molecule has 0 aliphatic rings. The van der Waals surface area contributed by atoms with Gasteiger partial charge in [0, 0.05) is 17.3 Å². The third-order valence-corrected chi connectivity index (χ3v) is 4.28. The van der Waals surface area contributed by atoms with Crippen LogP contribution >= 0.6 is 0 Å². The summed E-state index contributed by atoms with van der Waals surface area (Å²) >= 11 is 0. The van der Waals surface area contributed by atoms with Crippen LogP contribution in [0.5, 0.6) is 5.75 Å². The zero-order valence-electron chi connectivity index (χ0n) is 15.1. The van der Waals surface area contributed by atoms with Crippen LogP contribution in [0.15, 0.2) is 36.7 Å². The van der Waals surface area contributed by atoms with Gasteiger partial charge in [0.2, 0.25) is 0 Å². The van der Waals surface area contributed by atoms with Gasteiger partial charge in [0.05, 0.1) is 19.9 Å². The molecule has 4 aromatic rings. The predicted molar refractivity (Wildman–Crippen MR) is 99.7 cm³/mol. The van der Waals surface area contributed by atoms with E-state index in [1.807, 2.05) is 0 Å². The Morgan fingerprint density at radius 2 is 1.93 bits per heavy atom. The molecule has 9 heteroatoms. The lowest BCUT2D eigenvalue weighted by Gasteiger charge is -2.11. The van der Waals surface area contributed by atoms with Crippen LogP contribution in [0, 0.1) is 18.6 Å². The minimum Gasteiger partial charge on any atom is -0.497 e.